The fraction of sp³-hybridized carbons (Fsp3) is 1.00. The predicted molar refractivity (Wildman–Crippen MR) is 38.6 cm³/mol. The van der Waals surface area contributed by atoms with Crippen LogP contribution in [0.1, 0.15) is 12.8 Å². The summed E-state index contributed by atoms with van der Waals surface area (Å²) in [6, 6.07) is 0. The second-order valence-electron chi connectivity index (χ2n) is 3.30. The summed E-state index contributed by atoms with van der Waals surface area (Å²) in [7, 11) is -2.69. The number of sulfone groups is 1. The zero-order chi connectivity index (χ0) is 7.24. The highest BCUT2D eigenvalue weighted by Crippen LogP contribution is 2.38. The van der Waals surface area contributed by atoms with E-state index in [2.05, 4.69) is 5.32 Å². The van der Waals surface area contributed by atoms with Crippen LogP contribution in [0.3, 0.4) is 0 Å². The molecule has 58 valence electrons. The molecule has 2 aliphatic rings. The first-order valence-corrected chi connectivity index (χ1v) is 5.40. The molecular weight excluding hydrogens is 150 g/mol. The first-order valence-electron chi connectivity index (χ1n) is 3.57. The lowest BCUT2D eigenvalue weighted by Crippen LogP contribution is -2.46. The highest BCUT2D eigenvalue weighted by Gasteiger charge is 2.47. The minimum absolute atomic E-state index is 0.0249. The van der Waals surface area contributed by atoms with Crippen molar-refractivity contribution in [1.82, 2.24) is 5.32 Å². The van der Waals surface area contributed by atoms with Gasteiger partial charge in [0.1, 0.15) is 0 Å². The Morgan fingerprint density at radius 3 is 2.40 bits per heavy atom. The van der Waals surface area contributed by atoms with Crippen molar-refractivity contribution in [3.05, 3.63) is 0 Å². The van der Waals surface area contributed by atoms with Crippen LogP contribution in [-0.2, 0) is 9.84 Å². The molecule has 3 nitrogen and oxygen atoms in total. The summed E-state index contributed by atoms with van der Waals surface area (Å²) in [5.41, 5.74) is 0.0249. The number of hydrogen-bond acceptors (Lipinski definition) is 3. The molecule has 2 fully saturated rings. The van der Waals surface area contributed by atoms with E-state index < -0.39 is 9.84 Å². The number of hydrogen-bond donors (Lipinski definition) is 1. The maximum Gasteiger partial charge on any atom is 0.153 e. The van der Waals surface area contributed by atoms with Crippen LogP contribution in [-0.4, -0.2) is 32.0 Å². The smallest absolute Gasteiger partial charge is 0.153 e. The highest BCUT2D eigenvalue weighted by molar-refractivity contribution is 7.91. The van der Waals surface area contributed by atoms with E-state index in [1.165, 1.54) is 0 Å². The molecule has 1 aliphatic heterocycles. The van der Waals surface area contributed by atoms with Gasteiger partial charge in [0.2, 0.25) is 0 Å². The summed E-state index contributed by atoms with van der Waals surface area (Å²) < 4.78 is 22.1. The summed E-state index contributed by atoms with van der Waals surface area (Å²) in [6.07, 6.45) is 2.10. The normalized spacial score (nSPS) is 34.0. The van der Waals surface area contributed by atoms with Gasteiger partial charge in [-0.15, -0.1) is 0 Å². The molecule has 0 unspecified atom stereocenters. The number of rotatable bonds is 0. The monoisotopic (exact) mass is 161 g/mol. The lowest BCUT2D eigenvalue weighted by molar-refractivity contribution is 0.509. The van der Waals surface area contributed by atoms with Crippen molar-refractivity contribution in [1.29, 1.82) is 0 Å². The van der Waals surface area contributed by atoms with Crippen molar-refractivity contribution in [2.75, 3.05) is 18.1 Å². The fourth-order valence-electron chi connectivity index (χ4n) is 1.49. The largest absolute Gasteiger partial charge is 0.309 e. The minimum Gasteiger partial charge on any atom is -0.309 e. The second-order valence-corrected chi connectivity index (χ2v) is 5.48. The van der Waals surface area contributed by atoms with Crippen LogP contribution in [0.15, 0.2) is 0 Å². The average Bonchev–Trinajstić information content (AvgIpc) is 2.45. The summed E-state index contributed by atoms with van der Waals surface area (Å²) in [5, 5.41) is 3.25. The van der Waals surface area contributed by atoms with Gasteiger partial charge in [-0.25, -0.2) is 8.42 Å². The summed E-state index contributed by atoms with van der Waals surface area (Å²) in [5.74, 6) is 0.703. The molecule has 0 aromatic rings. The number of nitrogens with one attached hydrogen (secondary N) is 1. The summed E-state index contributed by atoms with van der Waals surface area (Å²) in [6.45, 7) is 0.655. The van der Waals surface area contributed by atoms with Crippen LogP contribution in [0.25, 0.3) is 0 Å². The van der Waals surface area contributed by atoms with Gasteiger partial charge in [0.25, 0.3) is 0 Å². The van der Waals surface area contributed by atoms with Crippen molar-refractivity contribution in [2.45, 2.75) is 18.4 Å². The maximum atomic E-state index is 11.1. The van der Waals surface area contributed by atoms with Gasteiger partial charge in [0.05, 0.1) is 11.5 Å². The predicted octanol–water partition coefficient (Wildman–Crippen LogP) is -0.463. The molecule has 1 N–H and O–H groups in total. The molecule has 1 heterocycles. The Hall–Kier alpha value is -0.0900. The molecule has 0 aromatic heterocycles. The zero-order valence-corrected chi connectivity index (χ0v) is 6.58. The van der Waals surface area contributed by atoms with E-state index in [-0.39, 0.29) is 5.54 Å². The third kappa shape index (κ3) is 1.06. The molecule has 1 aliphatic carbocycles. The van der Waals surface area contributed by atoms with Gasteiger partial charge in [0.15, 0.2) is 9.84 Å². The van der Waals surface area contributed by atoms with Crippen molar-refractivity contribution in [2.24, 2.45) is 0 Å². The standard InChI is InChI=1S/C6H11NO2S/c8-10(9)4-3-7-6(5-10)1-2-6/h7H,1-5H2. The van der Waals surface area contributed by atoms with Crippen LogP contribution in [0.2, 0.25) is 0 Å². The Balaban J connectivity index is 2.19. The fourth-order valence-corrected chi connectivity index (χ4v) is 3.28. The van der Waals surface area contributed by atoms with E-state index in [4.69, 9.17) is 0 Å². The van der Waals surface area contributed by atoms with Gasteiger partial charge in [-0.3, -0.25) is 0 Å². The molecule has 0 radical (unpaired) electrons. The molecule has 0 atom stereocenters. The second kappa shape index (κ2) is 1.74. The average molecular weight is 161 g/mol. The third-order valence-electron chi connectivity index (χ3n) is 2.26. The van der Waals surface area contributed by atoms with E-state index in [0.717, 1.165) is 12.8 Å². The van der Waals surface area contributed by atoms with E-state index in [9.17, 15) is 8.42 Å². The first kappa shape index (κ1) is 6.61. The molecular formula is C6H11NO2S. The summed E-state index contributed by atoms with van der Waals surface area (Å²) >= 11 is 0. The summed E-state index contributed by atoms with van der Waals surface area (Å²) in [4.78, 5) is 0. The lowest BCUT2D eigenvalue weighted by Gasteiger charge is -2.22. The molecule has 1 saturated carbocycles. The van der Waals surface area contributed by atoms with Gasteiger partial charge in [0, 0.05) is 12.1 Å². The molecule has 10 heavy (non-hydrogen) atoms. The van der Waals surface area contributed by atoms with Crippen LogP contribution in [0.5, 0.6) is 0 Å². The van der Waals surface area contributed by atoms with Crippen LogP contribution in [0.4, 0.5) is 0 Å². The Labute approximate surface area is 60.7 Å². The van der Waals surface area contributed by atoms with Gasteiger partial charge in [-0.2, -0.15) is 0 Å². The van der Waals surface area contributed by atoms with Crippen LogP contribution in [0, 0.1) is 0 Å². The van der Waals surface area contributed by atoms with Crippen LogP contribution < -0.4 is 5.32 Å². The lowest BCUT2D eigenvalue weighted by atomic mass is 10.3. The quantitative estimate of drug-likeness (QED) is 0.523. The van der Waals surface area contributed by atoms with Crippen molar-refractivity contribution in [3.63, 3.8) is 0 Å². The van der Waals surface area contributed by atoms with E-state index in [1.54, 1.807) is 0 Å². The Morgan fingerprint density at radius 1 is 1.30 bits per heavy atom. The van der Waals surface area contributed by atoms with Crippen molar-refractivity contribution >= 4 is 9.84 Å². The van der Waals surface area contributed by atoms with E-state index in [0.29, 0.717) is 18.1 Å². The zero-order valence-electron chi connectivity index (χ0n) is 5.76. The SMILES string of the molecule is O=S1(=O)CCNC2(CC2)C1. The van der Waals surface area contributed by atoms with Gasteiger partial charge < -0.3 is 5.32 Å². The van der Waals surface area contributed by atoms with Gasteiger partial charge in [-0.1, -0.05) is 0 Å². The maximum absolute atomic E-state index is 11.1. The van der Waals surface area contributed by atoms with Crippen molar-refractivity contribution < 1.29 is 8.42 Å². The molecule has 1 saturated heterocycles. The molecule has 0 amide bonds. The van der Waals surface area contributed by atoms with Crippen LogP contribution >= 0.6 is 0 Å². The van der Waals surface area contributed by atoms with Crippen molar-refractivity contribution in [3.8, 4) is 0 Å². The molecule has 0 bridgehead atoms. The third-order valence-corrected chi connectivity index (χ3v) is 4.08. The highest BCUT2D eigenvalue weighted by atomic mass is 32.2. The van der Waals surface area contributed by atoms with Gasteiger partial charge >= 0.3 is 0 Å². The molecule has 4 heteroatoms. The van der Waals surface area contributed by atoms with Gasteiger partial charge in [-0.05, 0) is 12.8 Å². The molecule has 0 aromatic carbocycles. The Morgan fingerprint density at radius 2 is 2.00 bits per heavy atom. The molecule has 1 spiro atoms. The van der Waals surface area contributed by atoms with E-state index in [1.807, 2.05) is 0 Å². The minimum atomic E-state index is -2.69. The Bertz CT molecular complexity index is 240. The topological polar surface area (TPSA) is 46.2 Å². The Kier molecular flexibility index (Phi) is 1.15. The molecule has 2 rings (SSSR count). The van der Waals surface area contributed by atoms with E-state index >= 15 is 0 Å². The first-order chi connectivity index (χ1) is 4.62.